The monoisotopic (exact) mass is 317 g/mol. The summed E-state index contributed by atoms with van der Waals surface area (Å²) in [5, 5.41) is 2.78. The van der Waals surface area contributed by atoms with Crippen molar-refractivity contribution < 1.29 is 18.7 Å². The van der Waals surface area contributed by atoms with Crippen molar-refractivity contribution in [2.24, 2.45) is 5.41 Å². The largest absolute Gasteiger partial charge is 0.464 e. The van der Waals surface area contributed by atoms with Gasteiger partial charge >= 0.3 is 5.97 Å². The summed E-state index contributed by atoms with van der Waals surface area (Å²) in [5.74, 6) is -1.20. The van der Waals surface area contributed by atoms with Crippen LogP contribution in [0.25, 0.3) is 0 Å². The number of carbonyl (C=O) groups is 2. The first-order chi connectivity index (χ1) is 10.9. The number of hydrogen-bond acceptors (Lipinski definition) is 4. The molecule has 0 saturated carbocycles. The molecule has 0 bridgehead atoms. The lowest BCUT2D eigenvalue weighted by molar-refractivity contribution is -0.126. The summed E-state index contributed by atoms with van der Waals surface area (Å²) in [7, 11) is 1.27. The lowest BCUT2D eigenvalue weighted by atomic mass is 9.76. The number of rotatable bonds is 2. The van der Waals surface area contributed by atoms with E-state index in [1.807, 2.05) is 0 Å². The van der Waals surface area contributed by atoms with Crippen LogP contribution in [-0.2, 0) is 9.53 Å². The Balaban J connectivity index is 2.24. The quantitative estimate of drug-likeness (QED) is 0.863. The van der Waals surface area contributed by atoms with Gasteiger partial charge in [-0.3, -0.25) is 4.79 Å². The van der Waals surface area contributed by atoms with E-state index in [1.54, 1.807) is 18.4 Å². The third-order valence-corrected chi connectivity index (χ3v) is 4.16. The number of methoxy groups -OCH3 is 1. The maximum Gasteiger partial charge on any atom is 0.356 e. The molecule has 3 rings (SSSR count). The highest BCUT2D eigenvalue weighted by Gasteiger charge is 2.45. The van der Waals surface area contributed by atoms with Gasteiger partial charge in [-0.15, -0.1) is 0 Å². The van der Waals surface area contributed by atoms with Gasteiger partial charge in [-0.05, 0) is 32.0 Å². The highest BCUT2D eigenvalue weighted by atomic mass is 19.1. The van der Waals surface area contributed by atoms with Crippen LogP contribution in [-0.4, -0.2) is 28.5 Å². The molecule has 1 unspecified atom stereocenters. The van der Waals surface area contributed by atoms with Crippen molar-refractivity contribution in [2.45, 2.75) is 19.9 Å². The van der Waals surface area contributed by atoms with Crippen LogP contribution in [0.4, 0.5) is 10.1 Å². The molecule has 0 spiro atoms. The van der Waals surface area contributed by atoms with Crippen molar-refractivity contribution in [3.8, 4) is 0 Å². The third-order valence-electron chi connectivity index (χ3n) is 4.16. The van der Waals surface area contributed by atoms with Gasteiger partial charge in [0.05, 0.1) is 31.1 Å². The molecule has 1 aliphatic rings. The molecule has 1 aromatic carbocycles. The zero-order chi connectivity index (χ0) is 16.8. The maximum atomic E-state index is 13.8. The number of aromatic nitrogens is 2. The van der Waals surface area contributed by atoms with Gasteiger partial charge in [0, 0.05) is 11.3 Å². The van der Waals surface area contributed by atoms with E-state index in [1.165, 1.54) is 37.8 Å². The molecule has 120 valence electrons. The summed E-state index contributed by atoms with van der Waals surface area (Å²) < 4.78 is 20.1. The van der Waals surface area contributed by atoms with Gasteiger partial charge in [0.15, 0.2) is 0 Å². The fourth-order valence-electron chi connectivity index (χ4n) is 2.94. The van der Waals surface area contributed by atoms with Crippen LogP contribution in [0.3, 0.4) is 0 Å². The minimum absolute atomic E-state index is 0.204. The molecule has 2 aromatic rings. The number of esters is 1. The molecule has 6 nitrogen and oxygen atoms in total. The Morgan fingerprint density at radius 2 is 2.17 bits per heavy atom. The Morgan fingerprint density at radius 3 is 2.87 bits per heavy atom. The molecule has 0 aliphatic carbocycles. The van der Waals surface area contributed by atoms with Crippen molar-refractivity contribution in [3.05, 3.63) is 47.8 Å². The zero-order valence-electron chi connectivity index (χ0n) is 13.0. The SMILES string of the molecule is COC(=O)c1cncn1C1c2cc(F)ccc2NC(=O)C1(C)C. The van der Waals surface area contributed by atoms with Crippen molar-refractivity contribution in [1.29, 1.82) is 0 Å². The smallest absolute Gasteiger partial charge is 0.356 e. The van der Waals surface area contributed by atoms with E-state index in [2.05, 4.69) is 10.3 Å². The molecule has 1 amide bonds. The third kappa shape index (κ3) is 2.28. The highest BCUT2D eigenvalue weighted by Crippen LogP contribution is 2.45. The van der Waals surface area contributed by atoms with E-state index in [9.17, 15) is 14.0 Å². The van der Waals surface area contributed by atoms with Crippen molar-refractivity contribution in [2.75, 3.05) is 12.4 Å². The van der Waals surface area contributed by atoms with Crippen molar-refractivity contribution >= 4 is 17.6 Å². The molecular formula is C16H16FN3O3. The first kappa shape index (κ1) is 15.2. The molecule has 1 aliphatic heterocycles. The van der Waals surface area contributed by atoms with Crippen LogP contribution in [0.2, 0.25) is 0 Å². The van der Waals surface area contributed by atoms with Crippen LogP contribution in [0, 0.1) is 11.2 Å². The number of hydrogen-bond donors (Lipinski definition) is 1. The Kier molecular flexibility index (Phi) is 3.43. The predicted molar refractivity (Wildman–Crippen MR) is 80.5 cm³/mol. The first-order valence-corrected chi connectivity index (χ1v) is 7.07. The number of nitrogens with zero attached hydrogens (tertiary/aromatic N) is 2. The van der Waals surface area contributed by atoms with Crippen LogP contribution >= 0.6 is 0 Å². The lowest BCUT2D eigenvalue weighted by Gasteiger charge is -2.40. The number of nitrogens with one attached hydrogen (secondary N) is 1. The van der Waals surface area contributed by atoms with Gasteiger partial charge in [0.25, 0.3) is 0 Å². The topological polar surface area (TPSA) is 73.2 Å². The van der Waals surface area contributed by atoms with E-state index in [4.69, 9.17) is 4.74 Å². The minimum atomic E-state index is -0.912. The second-order valence-electron chi connectivity index (χ2n) is 5.99. The number of halogens is 1. The molecule has 23 heavy (non-hydrogen) atoms. The van der Waals surface area contributed by atoms with Crippen LogP contribution in [0.15, 0.2) is 30.7 Å². The summed E-state index contributed by atoms with van der Waals surface area (Å²) in [6.45, 7) is 3.48. The van der Waals surface area contributed by atoms with Gasteiger partial charge in [-0.1, -0.05) is 0 Å². The summed E-state index contributed by atoms with van der Waals surface area (Å²) >= 11 is 0. The molecule has 0 saturated heterocycles. The fraction of sp³-hybridized carbons (Fsp3) is 0.312. The summed E-state index contributed by atoms with van der Waals surface area (Å²) in [4.78, 5) is 28.4. The number of fused-ring (bicyclic) bond motifs is 1. The van der Waals surface area contributed by atoms with Gasteiger partial charge in [-0.2, -0.15) is 0 Å². The first-order valence-electron chi connectivity index (χ1n) is 7.07. The molecule has 1 aromatic heterocycles. The van der Waals surface area contributed by atoms with E-state index in [0.717, 1.165) is 0 Å². The van der Waals surface area contributed by atoms with Gasteiger partial charge < -0.3 is 14.6 Å². The highest BCUT2D eigenvalue weighted by molar-refractivity contribution is 5.99. The van der Waals surface area contributed by atoms with Gasteiger partial charge in [0.1, 0.15) is 11.5 Å². The van der Waals surface area contributed by atoms with Crippen LogP contribution in [0.5, 0.6) is 0 Å². The van der Waals surface area contributed by atoms with E-state index in [0.29, 0.717) is 11.3 Å². The second kappa shape index (κ2) is 5.19. The number of anilines is 1. The number of carbonyl (C=O) groups excluding carboxylic acids is 2. The van der Waals surface area contributed by atoms with Crippen LogP contribution in [0.1, 0.15) is 35.9 Å². The number of imidazole rings is 1. The molecule has 0 radical (unpaired) electrons. The lowest BCUT2D eigenvalue weighted by Crippen LogP contribution is -2.44. The minimum Gasteiger partial charge on any atom is -0.464 e. The maximum absolute atomic E-state index is 13.8. The summed E-state index contributed by atoms with van der Waals surface area (Å²) in [6, 6.07) is 3.57. The zero-order valence-corrected chi connectivity index (χ0v) is 13.0. The Morgan fingerprint density at radius 1 is 1.43 bits per heavy atom. The average molecular weight is 317 g/mol. The fourth-order valence-corrected chi connectivity index (χ4v) is 2.94. The molecule has 7 heteroatoms. The standard InChI is InChI=1S/C16H16FN3O3/c1-16(2)13(20-8-18-7-12(20)14(21)23-3)10-6-9(17)4-5-11(10)19-15(16)22/h4-8,13H,1-3H3,(H,19,22). The molecular weight excluding hydrogens is 301 g/mol. The molecule has 1 N–H and O–H groups in total. The Hall–Kier alpha value is -2.70. The molecule has 2 heterocycles. The Bertz CT molecular complexity index is 798. The van der Waals surface area contributed by atoms with E-state index >= 15 is 0 Å². The number of amides is 1. The van der Waals surface area contributed by atoms with E-state index in [-0.39, 0.29) is 11.6 Å². The molecule has 1 atom stereocenters. The van der Waals surface area contributed by atoms with Crippen molar-refractivity contribution in [3.63, 3.8) is 0 Å². The van der Waals surface area contributed by atoms with Gasteiger partial charge in [0.2, 0.25) is 5.91 Å². The molecule has 0 fully saturated rings. The Labute approximate surface area is 132 Å². The summed E-state index contributed by atoms with van der Waals surface area (Å²) in [6.07, 6.45) is 2.82. The predicted octanol–water partition coefficient (Wildman–Crippen LogP) is 2.38. The van der Waals surface area contributed by atoms with E-state index < -0.39 is 23.2 Å². The normalized spacial score (nSPS) is 19.0. The number of benzene rings is 1. The number of ether oxygens (including phenoxy) is 1. The average Bonchev–Trinajstić information content (AvgIpc) is 2.97. The summed E-state index contributed by atoms with van der Waals surface area (Å²) in [5.41, 5.74) is 0.392. The van der Waals surface area contributed by atoms with Crippen molar-refractivity contribution in [1.82, 2.24) is 9.55 Å². The second-order valence-corrected chi connectivity index (χ2v) is 5.99. The van der Waals surface area contributed by atoms with Crippen LogP contribution < -0.4 is 5.32 Å². The van der Waals surface area contributed by atoms with Gasteiger partial charge in [-0.25, -0.2) is 14.2 Å².